The molecule has 0 spiro atoms. The van der Waals surface area contributed by atoms with Crippen molar-refractivity contribution in [3.63, 3.8) is 0 Å². The molecule has 12 heavy (non-hydrogen) atoms. The first-order valence-corrected chi connectivity index (χ1v) is 4.24. The molecule has 0 aromatic carbocycles. The Labute approximate surface area is 75.7 Å². The lowest BCUT2D eigenvalue weighted by atomic mass is 10.4. The minimum Gasteiger partial charge on any atom is -0.455 e. The molecule has 0 saturated carbocycles. The SMILES string of the molecule is CCNC(=O)c1ccc(CCl)o1. The second kappa shape index (κ2) is 4.16. The lowest BCUT2D eigenvalue weighted by molar-refractivity contribution is 0.0927. The fourth-order valence-corrected chi connectivity index (χ4v) is 0.963. The van der Waals surface area contributed by atoms with E-state index in [-0.39, 0.29) is 5.91 Å². The van der Waals surface area contributed by atoms with Gasteiger partial charge < -0.3 is 9.73 Å². The van der Waals surface area contributed by atoms with Crippen LogP contribution in [0.1, 0.15) is 23.2 Å². The average molecular weight is 188 g/mol. The predicted molar refractivity (Wildman–Crippen MR) is 46.3 cm³/mol. The van der Waals surface area contributed by atoms with E-state index in [9.17, 15) is 4.79 Å². The Morgan fingerprint density at radius 2 is 2.42 bits per heavy atom. The Morgan fingerprint density at radius 1 is 1.67 bits per heavy atom. The third-order valence-corrected chi connectivity index (χ3v) is 1.62. The number of hydrogen-bond acceptors (Lipinski definition) is 2. The lowest BCUT2D eigenvalue weighted by Gasteiger charge is -1.96. The quantitative estimate of drug-likeness (QED) is 0.733. The lowest BCUT2D eigenvalue weighted by Crippen LogP contribution is -2.21. The fourth-order valence-electron chi connectivity index (χ4n) is 0.819. The molecule has 1 N–H and O–H groups in total. The number of furan rings is 1. The summed E-state index contributed by atoms with van der Waals surface area (Å²) in [4.78, 5) is 11.1. The van der Waals surface area contributed by atoms with Crippen LogP contribution in [0.2, 0.25) is 0 Å². The maximum atomic E-state index is 11.1. The third kappa shape index (κ3) is 2.01. The van der Waals surface area contributed by atoms with Gasteiger partial charge in [0.25, 0.3) is 5.91 Å². The molecular weight excluding hydrogens is 178 g/mol. The van der Waals surface area contributed by atoms with Crippen LogP contribution in [0, 0.1) is 0 Å². The van der Waals surface area contributed by atoms with Crippen LogP contribution in [0.4, 0.5) is 0 Å². The molecule has 66 valence electrons. The van der Waals surface area contributed by atoms with Gasteiger partial charge in [0, 0.05) is 6.54 Å². The van der Waals surface area contributed by atoms with Crippen molar-refractivity contribution in [2.75, 3.05) is 6.54 Å². The summed E-state index contributed by atoms with van der Waals surface area (Å²) in [5.41, 5.74) is 0. The second-order valence-corrected chi connectivity index (χ2v) is 2.53. The highest BCUT2D eigenvalue weighted by atomic mass is 35.5. The number of amides is 1. The molecule has 1 rings (SSSR count). The standard InChI is InChI=1S/C8H10ClNO2/c1-2-10-8(11)7-4-3-6(5-9)12-7/h3-4H,2,5H2,1H3,(H,10,11). The number of alkyl halides is 1. The van der Waals surface area contributed by atoms with E-state index in [4.69, 9.17) is 16.0 Å². The Hall–Kier alpha value is -0.960. The van der Waals surface area contributed by atoms with Crippen molar-refractivity contribution in [2.24, 2.45) is 0 Å². The van der Waals surface area contributed by atoms with E-state index in [1.165, 1.54) is 0 Å². The van der Waals surface area contributed by atoms with Gasteiger partial charge >= 0.3 is 0 Å². The number of nitrogens with one attached hydrogen (secondary N) is 1. The number of carbonyl (C=O) groups is 1. The molecule has 1 aromatic heterocycles. The molecule has 0 fully saturated rings. The molecule has 1 amide bonds. The van der Waals surface area contributed by atoms with E-state index >= 15 is 0 Å². The normalized spacial score (nSPS) is 9.83. The first kappa shape index (κ1) is 9.13. The van der Waals surface area contributed by atoms with E-state index in [0.717, 1.165) is 0 Å². The van der Waals surface area contributed by atoms with Crippen LogP contribution in [0.15, 0.2) is 16.5 Å². The van der Waals surface area contributed by atoms with Gasteiger partial charge in [0.05, 0.1) is 5.88 Å². The van der Waals surface area contributed by atoms with Crippen molar-refractivity contribution in [3.05, 3.63) is 23.7 Å². The second-order valence-electron chi connectivity index (χ2n) is 2.26. The first-order valence-electron chi connectivity index (χ1n) is 3.70. The van der Waals surface area contributed by atoms with Gasteiger partial charge in [0.15, 0.2) is 5.76 Å². The summed E-state index contributed by atoms with van der Waals surface area (Å²) in [5.74, 6) is 1.01. The number of rotatable bonds is 3. The molecule has 0 radical (unpaired) electrons. The summed E-state index contributed by atoms with van der Waals surface area (Å²) >= 11 is 5.50. The van der Waals surface area contributed by atoms with Crippen LogP contribution in [-0.4, -0.2) is 12.5 Å². The minimum absolute atomic E-state index is 0.200. The Balaban J connectivity index is 2.68. The maximum Gasteiger partial charge on any atom is 0.286 e. The monoisotopic (exact) mass is 187 g/mol. The molecule has 0 saturated heterocycles. The molecule has 0 atom stereocenters. The molecule has 0 aliphatic carbocycles. The Bertz CT molecular complexity index is 270. The molecule has 0 aliphatic rings. The zero-order valence-electron chi connectivity index (χ0n) is 6.76. The number of hydrogen-bond donors (Lipinski definition) is 1. The summed E-state index contributed by atoms with van der Waals surface area (Å²) in [5, 5.41) is 2.62. The van der Waals surface area contributed by atoms with Crippen molar-refractivity contribution in [1.29, 1.82) is 0 Å². The van der Waals surface area contributed by atoms with Gasteiger partial charge in [0.2, 0.25) is 0 Å². The molecular formula is C8H10ClNO2. The molecule has 1 heterocycles. The largest absolute Gasteiger partial charge is 0.455 e. The van der Waals surface area contributed by atoms with Gasteiger partial charge in [0.1, 0.15) is 5.76 Å². The topological polar surface area (TPSA) is 42.2 Å². The summed E-state index contributed by atoms with van der Waals surface area (Å²) < 4.78 is 5.10. The summed E-state index contributed by atoms with van der Waals surface area (Å²) in [6, 6.07) is 3.31. The van der Waals surface area contributed by atoms with Gasteiger partial charge in [-0.25, -0.2) is 0 Å². The van der Waals surface area contributed by atoms with Gasteiger partial charge in [-0.15, -0.1) is 11.6 Å². The van der Waals surface area contributed by atoms with Crippen molar-refractivity contribution in [2.45, 2.75) is 12.8 Å². The van der Waals surface area contributed by atoms with Crippen LogP contribution in [0.25, 0.3) is 0 Å². The number of halogens is 1. The highest BCUT2D eigenvalue weighted by molar-refractivity contribution is 6.16. The summed E-state index contributed by atoms with van der Waals surface area (Å²) in [7, 11) is 0. The zero-order chi connectivity index (χ0) is 8.97. The summed E-state index contributed by atoms with van der Waals surface area (Å²) in [6.45, 7) is 2.44. The van der Waals surface area contributed by atoms with Crippen LogP contribution in [0.5, 0.6) is 0 Å². The van der Waals surface area contributed by atoms with Gasteiger partial charge in [-0.1, -0.05) is 0 Å². The van der Waals surface area contributed by atoms with E-state index in [1.807, 2.05) is 6.92 Å². The van der Waals surface area contributed by atoms with Crippen molar-refractivity contribution in [3.8, 4) is 0 Å². The van der Waals surface area contributed by atoms with Crippen LogP contribution in [0.3, 0.4) is 0 Å². The zero-order valence-corrected chi connectivity index (χ0v) is 7.52. The maximum absolute atomic E-state index is 11.1. The molecule has 4 heteroatoms. The highest BCUT2D eigenvalue weighted by Gasteiger charge is 2.08. The van der Waals surface area contributed by atoms with Crippen LogP contribution < -0.4 is 5.32 Å². The minimum atomic E-state index is -0.200. The van der Waals surface area contributed by atoms with Crippen molar-refractivity contribution >= 4 is 17.5 Å². The first-order chi connectivity index (χ1) is 5.77. The van der Waals surface area contributed by atoms with Gasteiger partial charge in [-0.2, -0.15) is 0 Å². The Morgan fingerprint density at radius 3 is 2.92 bits per heavy atom. The molecule has 0 aliphatic heterocycles. The van der Waals surface area contributed by atoms with E-state index in [1.54, 1.807) is 12.1 Å². The van der Waals surface area contributed by atoms with Crippen LogP contribution >= 0.6 is 11.6 Å². The van der Waals surface area contributed by atoms with E-state index in [2.05, 4.69) is 5.32 Å². The van der Waals surface area contributed by atoms with E-state index in [0.29, 0.717) is 23.9 Å². The molecule has 0 unspecified atom stereocenters. The smallest absolute Gasteiger partial charge is 0.286 e. The third-order valence-electron chi connectivity index (χ3n) is 1.35. The van der Waals surface area contributed by atoms with Crippen LogP contribution in [-0.2, 0) is 5.88 Å². The molecule has 0 bridgehead atoms. The summed E-state index contributed by atoms with van der Waals surface area (Å²) in [6.07, 6.45) is 0. The van der Waals surface area contributed by atoms with Gasteiger partial charge in [-0.05, 0) is 19.1 Å². The fraction of sp³-hybridized carbons (Fsp3) is 0.375. The van der Waals surface area contributed by atoms with Crippen molar-refractivity contribution in [1.82, 2.24) is 5.32 Å². The van der Waals surface area contributed by atoms with Crippen molar-refractivity contribution < 1.29 is 9.21 Å². The highest BCUT2D eigenvalue weighted by Crippen LogP contribution is 2.09. The van der Waals surface area contributed by atoms with E-state index < -0.39 is 0 Å². The Kier molecular flexibility index (Phi) is 3.17. The van der Waals surface area contributed by atoms with Gasteiger partial charge in [-0.3, -0.25) is 4.79 Å². The predicted octanol–water partition coefficient (Wildman–Crippen LogP) is 1.77. The average Bonchev–Trinajstić information content (AvgIpc) is 2.52. The number of carbonyl (C=O) groups excluding carboxylic acids is 1. The molecule has 1 aromatic rings. The molecule has 3 nitrogen and oxygen atoms in total.